The van der Waals surface area contributed by atoms with Gasteiger partial charge in [-0.2, -0.15) is 0 Å². The first-order valence-corrected chi connectivity index (χ1v) is 9.71. The number of fused-ring (bicyclic) bond motifs is 2. The fourth-order valence-corrected chi connectivity index (χ4v) is 3.15. The number of rotatable bonds is 6. The van der Waals surface area contributed by atoms with Crippen LogP contribution in [0.2, 0.25) is 0 Å². The van der Waals surface area contributed by atoms with Crippen LogP contribution in [0.25, 0.3) is 10.8 Å². The standard InChI is InChI=1S/C23H22N2O5/c1-15(30-19-9-8-17-4-2-3-5-18(17)13-19)23(27)25-24-22(26)11-7-16-6-10-20-21(12-16)29-14-28-20/h2-6,8-10,12-13,15H,7,11,14H2,1H3,(H,24,26)(H,25,27)/t15-/m0/s1. The number of carbonyl (C=O) groups is 2. The molecule has 154 valence electrons. The molecule has 4 rings (SSSR count). The van der Waals surface area contributed by atoms with E-state index in [2.05, 4.69) is 10.9 Å². The van der Waals surface area contributed by atoms with E-state index in [9.17, 15) is 9.59 Å². The lowest BCUT2D eigenvalue weighted by atomic mass is 10.1. The molecule has 0 fully saturated rings. The molecule has 0 bridgehead atoms. The van der Waals surface area contributed by atoms with Crippen LogP contribution in [-0.4, -0.2) is 24.7 Å². The Bertz CT molecular complexity index is 1080. The Morgan fingerprint density at radius 1 is 0.967 bits per heavy atom. The number of carbonyl (C=O) groups excluding carboxylic acids is 2. The van der Waals surface area contributed by atoms with E-state index in [1.54, 1.807) is 6.92 Å². The van der Waals surface area contributed by atoms with Crippen molar-refractivity contribution in [3.63, 3.8) is 0 Å². The number of hydrogen-bond donors (Lipinski definition) is 2. The van der Waals surface area contributed by atoms with Crippen molar-refractivity contribution in [2.75, 3.05) is 6.79 Å². The summed E-state index contributed by atoms with van der Waals surface area (Å²) in [6.45, 7) is 1.84. The van der Waals surface area contributed by atoms with Crippen LogP contribution < -0.4 is 25.1 Å². The summed E-state index contributed by atoms with van der Waals surface area (Å²) in [6.07, 6.45) is -0.0262. The zero-order chi connectivity index (χ0) is 20.9. The van der Waals surface area contributed by atoms with Gasteiger partial charge in [-0.3, -0.25) is 20.4 Å². The first-order valence-electron chi connectivity index (χ1n) is 9.71. The third-order valence-electron chi connectivity index (χ3n) is 4.81. The van der Waals surface area contributed by atoms with E-state index in [-0.39, 0.29) is 19.1 Å². The van der Waals surface area contributed by atoms with Crippen LogP contribution in [0, 0.1) is 0 Å². The second-order valence-corrected chi connectivity index (χ2v) is 6.99. The monoisotopic (exact) mass is 406 g/mol. The van der Waals surface area contributed by atoms with Crippen molar-refractivity contribution in [1.82, 2.24) is 10.9 Å². The number of aryl methyl sites for hydroxylation is 1. The molecule has 1 aliphatic heterocycles. The third kappa shape index (κ3) is 4.63. The topological polar surface area (TPSA) is 85.9 Å². The minimum atomic E-state index is -0.764. The lowest BCUT2D eigenvalue weighted by Gasteiger charge is -2.15. The summed E-state index contributed by atoms with van der Waals surface area (Å²) in [5.74, 6) is 1.25. The van der Waals surface area contributed by atoms with Crippen molar-refractivity contribution in [2.24, 2.45) is 0 Å². The van der Waals surface area contributed by atoms with E-state index >= 15 is 0 Å². The van der Waals surface area contributed by atoms with E-state index < -0.39 is 12.0 Å². The van der Waals surface area contributed by atoms with Gasteiger partial charge in [0.05, 0.1) is 0 Å². The second-order valence-electron chi connectivity index (χ2n) is 6.99. The molecule has 0 aliphatic carbocycles. The molecule has 0 radical (unpaired) electrons. The molecular formula is C23H22N2O5. The van der Waals surface area contributed by atoms with Crippen LogP contribution in [0.5, 0.6) is 17.2 Å². The molecule has 0 aromatic heterocycles. The fourth-order valence-electron chi connectivity index (χ4n) is 3.15. The molecule has 1 heterocycles. The van der Waals surface area contributed by atoms with Crippen molar-refractivity contribution in [2.45, 2.75) is 25.9 Å². The molecule has 3 aromatic carbocycles. The molecule has 0 unspecified atom stereocenters. The van der Waals surface area contributed by atoms with E-state index in [1.165, 1.54) is 0 Å². The molecule has 7 heteroatoms. The fraction of sp³-hybridized carbons (Fsp3) is 0.217. The summed E-state index contributed by atoms with van der Waals surface area (Å²) in [5, 5.41) is 2.12. The molecule has 7 nitrogen and oxygen atoms in total. The molecular weight excluding hydrogens is 384 g/mol. The van der Waals surface area contributed by atoms with Gasteiger partial charge in [-0.05, 0) is 53.9 Å². The highest BCUT2D eigenvalue weighted by Gasteiger charge is 2.16. The first-order chi connectivity index (χ1) is 14.6. The highest BCUT2D eigenvalue weighted by atomic mass is 16.7. The zero-order valence-corrected chi connectivity index (χ0v) is 16.5. The summed E-state index contributed by atoms with van der Waals surface area (Å²) < 4.78 is 16.3. The highest BCUT2D eigenvalue weighted by molar-refractivity contribution is 5.86. The van der Waals surface area contributed by atoms with Gasteiger partial charge in [-0.15, -0.1) is 0 Å². The normalized spacial score (nSPS) is 13.0. The molecule has 3 aromatic rings. The molecule has 2 N–H and O–H groups in total. The first kappa shape index (κ1) is 19.6. The Balaban J connectivity index is 1.23. The van der Waals surface area contributed by atoms with Gasteiger partial charge in [-0.1, -0.05) is 36.4 Å². The van der Waals surface area contributed by atoms with Gasteiger partial charge in [0, 0.05) is 6.42 Å². The molecule has 0 saturated carbocycles. The summed E-state index contributed by atoms with van der Waals surface area (Å²) in [4.78, 5) is 24.3. The van der Waals surface area contributed by atoms with Crippen molar-refractivity contribution in [1.29, 1.82) is 0 Å². The lowest BCUT2D eigenvalue weighted by molar-refractivity contribution is -0.132. The zero-order valence-electron chi connectivity index (χ0n) is 16.5. The molecule has 2 amide bonds. The molecule has 1 atom stereocenters. The maximum Gasteiger partial charge on any atom is 0.279 e. The quantitative estimate of drug-likeness (QED) is 0.615. The summed E-state index contributed by atoms with van der Waals surface area (Å²) in [5.41, 5.74) is 5.79. The molecule has 0 saturated heterocycles. The molecule has 1 aliphatic rings. The number of hydrazine groups is 1. The predicted molar refractivity (Wildman–Crippen MR) is 111 cm³/mol. The van der Waals surface area contributed by atoms with Crippen molar-refractivity contribution in [3.05, 3.63) is 66.2 Å². The van der Waals surface area contributed by atoms with Crippen molar-refractivity contribution >= 4 is 22.6 Å². The van der Waals surface area contributed by atoms with Crippen molar-refractivity contribution in [3.8, 4) is 17.2 Å². The molecule has 30 heavy (non-hydrogen) atoms. The Labute approximate surface area is 173 Å². The van der Waals surface area contributed by atoms with Crippen LogP contribution >= 0.6 is 0 Å². The van der Waals surface area contributed by atoms with E-state index in [4.69, 9.17) is 14.2 Å². The second kappa shape index (κ2) is 8.73. The van der Waals surface area contributed by atoms with E-state index in [0.29, 0.717) is 23.7 Å². The third-order valence-corrected chi connectivity index (χ3v) is 4.81. The summed E-state index contributed by atoms with van der Waals surface area (Å²) in [6, 6.07) is 19.1. The van der Waals surface area contributed by atoms with Gasteiger partial charge in [0.1, 0.15) is 5.75 Å². The Hall–Kier alpha value is -3.74. The largest absolute Gasteiger partial charge is 0.481 e. The average molecular weight is 406 g/mol. The van der Waals surface area contributed by atoms with Gasteiger partial charge in [0.2, 0.25) is 12.7 Å². The van der Waals surface area contributed by atoms with Crippen LogP contribution in [0.4, 0.5) is 0 Å². The lowest BCUT2D eigenvalue weighted by Crippen LogP contribution is -2.47. The predicted octanol–water partition coefficient (Wildman–Crippen LogP) is 3.12. The number of amides is 2. The summed E-state index contributed by atoms with van der Waals surface area (Å²) in [7, 11) is 0. The van der Waals surface area contributed by atoms with E-state index in [1.807, 2.05) is 60.7 Å². The number of nitrogens with one attached hydrogen (secondary N) is 2. The maximum absolute atomic E-state index is 12.2. The maximum atomic E-state index is 12.2. The van der Waals surface area contributed by atoms with Gasteiger partial charge in [0.25, 0.3) is 5.91 Å². The Kier molecular flexibility index (Phi) is 5.70. The van der Waals surface area contributed by atoms with E-state index in [0.717, 1.165) is 16.3 Å². The Morgan fingerprint density at radius 3 is 2.63 bits per heavy atom. The van der Waals surface area contributed by atoms with Crippen LogP contribution in [-0.2, 0) is 16.0 Å². The Morgan fingerprint density at radius 2 is 1.77 bits per heavy atom. The summed E-state index contributed by atoms with van der Waals surface area (Å²) >= 11 is 0. The van der Waals surface area contributed by atoms with Crippen molar-refractivity contribution < 1.29 is 23.8 Å². The smallest absolute Gasteiger partial charge is 0.279 e. The number of hydrogen-bond acceptors (Lipinski definition) is 5. The minimum absolute atomic E-state index is 0.213. The van der Waals surface area contributed by atoms with Crippen LogP contribution in [0.15, 0.2) is 60.7 Å². The van der Waals surface area contributed by atoms with Gasteiger partial charge in [0.15, 0.2) is 17.6 Å². The highest BCUT2D eigenvalue weighted by Crippen LogP contribution is 2.32. The molecule has 0 spiro atoms. The van der Waals surface area contributed by atoms with Gasteiger partial charge < -0.3 is 14.2 Å². The van der Waals surface area contributed by atoms with Gasteiger partial charge >= 0.3 is 0 Å². The van der Waals surface area contributed by atoms with Crippen LogP contribution in [0.3, 0.4) is 0 Å². The van der Waals surface area contributed by atoms with Crippen LogP contribution in [0.1, 0.15) is 18.9 Å². The minimum Gasteiger partial charge on any atom is -0.481 e. The average Bonchev–Trinajstić information content (AvgIpc) is 3.23. The van der Waals surface area contributed by atoms with Gasteiger partial charge in [-0.25, -0.2) is 0 Å². The number of ether oxygens (including phenoxy) is 3. The SMILES string of the molecule is C[C@H](Oc1ccc2ccccc2c1)C(=O)NNC(=O)CCc1ccc2c(c1)OCO2. The number of benzene rings is 3.